The van der Waals surface area contributed by atoms with Crippen molar-refractivity contribution in [3.8, 4) is 0 Å². The molecule has 0 saturated carbocycles. The van der Waals surface area contributed by atoms with Gasteiger partial charge < -0.3 is 15.1 Å². The van der Waals surface area contributed by atoms with Crippen LogP contribution in [0.3, 0.4) is 0 Å². The van der Waals surface area contributed by atoms with Crippen LogP contribution in [0.2, 0.25) is 0 Å². The van der Waals surface area contributed by atoms with Crippen LogP contribution < -0.4 is 15.1 Å². The first kappa shape index (κ1) is 19.7. The molecule has 2 aromatic rings. The molecular weight excluding hydrogens is 360 g/mol. The number of nitrogens with one attached hydrogen (secondary N) is 1. The lowest BCUT2D eigenvalue weighted by atomic mass is 10.0. The molecule has 0 spiro atoms. The molecule has 3 heterocycles. The first-order valence-corrected chi connectivity index (χ1v) is 9.82. The molecule has 0 radical (unpaired) electrons. The standard InChI is InChI=1S/C20H28N6.ClH/c1-15(2)16-7-9-17(10-8-16)21-18-22-19(25-11-3-4-12-25)24-20(23-18)26-13-5-6-14-26;/h7-10,15H,3-6,11-14H2,1-2H3,(H,21,22,23,24);1H. The SMILES string of the molecule is CC(C)c1ccc(Nc2nc(N3CCCC3)nc(N3CCCC3)n2)cc1.Cl. The van der Waals surface area contributed by atoms with Crippen LogP contribution in [0.5, 0.6) is 0 Å². The molecule has 6 nitrogen and oxygen atoms in total. The minimum Gasteiger partial charge on any atom is -0.341 e. The van der Waals surface area contributed by atoms with Gasteiger partial charge in [0.25, 0.3) is 0 Å². The maximum Gasteiger partial charge on any atom is 0.233 e. The Hall–Kier alpha value is -2.08. The van der Waals surface area contributed by atoms with E-state index in [2.05, 4.69) is 53.2 Å². The molecule has 0 atom stereocenters. The van der Waals surface area contributed by atoms with Crippen molar-refractivity contribution in [1.82, 2.24) is 15.0 Å². The third-order valence-electron chi connectivity index (χ3n) is 5.22. The molecule has 1 aromatic heterocycles. The van der Waals surface area contributed by atoms with Gasteiger partial charge in [-0.1, -0.05) is 26.0 Å². The van der Waals surface area contributed by atoms with Crippen molar-refractivity contribution in [2.24, 2.45) is 0 Å². The van der Waals surface area contributed by atoms with E-state index in [1.807, 2.05) is 0 Å². The van der Waals surface area contributed by atoms with Crippen molar-refractivity contribution in [3.63, 3.8) is 0 Å². The van der Waals surface area contributed by atoms with Crippen LogP contribution in [-0.2, 0) is 0 Å². The highest BCUT2D eigenvalue weighted by Crippen LogP contribution is 2.25. The zero-order valence-corrected chi connectivity index (χ0v) is 17.0. The predicted molar refractivity (Wildman–Crippen MR) is 114 cm³/mol. The summed E-state index contributed by atoms with van der Waals surface area (Å²) in [7, 11) is 0. The predicted octanol–water partition coefficient (Wildman–Crippen LogP) is 4.36. The Morgan fingerprint density at radius 2 is 1.26 bits per heavy atom. The number of halogens is 1. The Balaban J connectivity index is 0.00000210. The van der Waals surface area contributed by atoms with E-state index in [4.69, 9.17) is 15.0 Å². The first-order valence-electron chi connectivity index (χ1n) is 9.82. The molecule has 1 N–H and O–H groups in total. The van der Waals surface area contributed by atoms with Crippen LogP contribution in [0.4, 0.5) is 23.5 Å². The molecular formula is C20H29ClN6. The minimum absolute atomic E-state index is 0. The smallest absolute Gasteiger partial charge is 0.233 e. The maximum atomic E-state index is 4.77. The van der Waals surface area contributed by atoms with Crippen molar-refractivity contribution in [2.45, 2.75) is 45.4 Å². The molecule has 0 aliphatic carbocycles. The van der Waals surface area contributed by atoms with E-state index < -0.39 is 0 Å². The van der Waals surface area contributed by atoms with Crippen LogP contribution in [0, 0.1) is 0 Å². The zero-order chi connectivity index (χ0) is 17.9. The van der Waals surface area contributed by atoms with Crippen LogP contribution >= 0.6 is 12.4 Å². The summed E-state index contributed by atoms with van der Waals surface area (Å²) < 4.78 is 0. The molecule has 7 heteroatoms. The summed E-state index contributed by atoms with van der Waals surface area (Å²) in [6.07, 6.45) is 4.85. The van der Waals surface area contributed by atoms with Gasteiger partial charge in [-0.15, -0.1) is 12.4 Å². The number of nitrogens with zero attached hydrogens (tertiary/aromatic N) is 5. The number of hydrogen-bond donors (Lipinski definition) is 1. The molecule has 146 valence electrons. The van der Waals surface area contributed by atoms with Gasteiger partial charge in [0.2, 0.25) is 17.8 Å². The molecule has 0 unspecified atom stereocenters. The summed E-state index contributed by atoms with van der Waals surface area (Å²) in [4.78, 5) is 18.7. The van der Waals surface area contributed by atoms with Crippen LogP contribution in [0.1, 0.15) is 51.0 Å². The average molecular weight is 389 g/mol. The second-order valence-corrected chi connectivity index (χ2v) is 7.55. The van der Waals surface area contributed by atoms with Gasteiger partial charge in [0.1, 0.15) is 0 Å². The largest absolute Gasteiger partial charge is 0.341 e. The van der Waals surface area contributed by atoms with Gasteiger partial charge in [-0.05, 0) is 49.3 Å². The Morgan fingerprint density at radius 1 is 0.778 bits per heavy atom. The van der Waals surface area contributed by atoms with E-state index in [0.29, 0.717) is 11.9 Å². The molecule has 2 aliphatic rings. The summed E-state index contributed by atoms with van der Waals surface area (Å²) in [5.41, 5.74) is 2.35. The minimum atomic E-state index is 0. The highest BCUT2D eigenvalue weighted by atomic mass is 35.5. The number of hydrogen-bond acceptors (Lipinski definition) is 6. The van der Waals surface area contributed by atoms with Crippen LogP contribution in [0.15, 0.2) is 24.3 Å². The second kappa shape index (κ2) is 8.74. The van der Waals surface area contributed by atoms with Crippen molar-refractivity contribution in [2.75, 3.05) is 41.3 Å². The summed E-state index contributed by atoms with van der Waals surface area (Å²) in [5.74, 6) is 2.78. The number of benzene rings is 1. The number of rotatable bonds is 5. The molecule has 1 aromatic carbocycles. The lowest BCUT2D eigenvalue weighted by Crippen LogP contribution is -2.25. The van der Waals surface area contributed by atoms with Crippen molar-refractivity contribution < 1.29 is 0 Å². The van der Waals surface area contributed by atoms with Gasteiger partial charge in [0, 0.05) is 31.9 Å². The number of anilines is 4. The van der Waals surface area contributed by atoms with E-state index in [0.717, 1.165) is 43.8 Å². The van der Waals surface area contributed by atoms with Crippen LogP contribution in [0.25, 0.3) is 0 Å². The third-order valence-corrected chi connectivity index (χ3v) is 5.22. The molecule has 2 saturated heterocycles. The third kappa shape index (κ3) is 4.61. The molecule has 2 aliphatic heterocycles. The van der Waals surface area contributed by atoms with Gasteiger partial charge in [-0.2, -0.15) is 15.0 Å². The Morgan fingerprint density at radius 3 is 1.70 bits per heavy atom. The van der Waals surface area contributed by atoms with Crippen molar-refractivity contribution >= 4 is 35.9 Å². The topological polar surface area (TPSA) is 57.2 Å². The summed E-state index contributed by atoms with van der Waals surface area (Å²) in [6.45, 7) is 8.55. The lowest BCUT2D eigenvalue weighted by Gasteiger charge is -2.20. The summed E-state index contributed by atoms with van der Waals surface area (Å²) in [6, 6.07) is 8.53. The van der Waals surface area contributed by atoms with Gasteiger partial charge >= 0.3 is 0 Å². The first-order chi connectivity index (χ1) is 12.7. The Bertz CT molecular complexity index is 702. The van der Waals surface area contributed by atoms with Gasteiger partial charge in [-0.25, -0.2) is 0 Å². The fourth-order valence-corrected chi connectivity index (χ4v) is 3.61. The van der Waals surface area contributed by atoms with E-state index in [1.54, 1.807) is 0 Å². The highest BCUT2D eigenvalue weighted by Gasteiger charge is 2.21. The molecule has 2 fully saturated rings. The average Bonchev–Trinajstić information content (AvgIpc) is 3.36. The monoisotopic (exact) mass is 388 g/mol. The molecule has 27 heavy (non-hydrogen) atoms. The van der Waals surface area contributed by atoms with Crippen molar-refractivity contribution in [3.05, 3.63) is 29.8 Å². The zero-order valence-electron chi connectivity index (χ0n) is 16.2. The van der Waals surface area contributed by atoms with E-state index in [1.165, 1.54) is 31.2 Å². The Kier molecular flexibility index (Phi) is 6.37. The molecule has 0 amide bonds. The van der Waals surface area contributed by atoms with Gasteiger partial charge in [-0.3, -0.25) is 0 Å². The highest BCUT2D eigenvalue weighted by molar-refractivity contribution is 5.85. The summed E-state index contributed by atoms with van der Waals surface area (Å²) >= 11 is 0. The maximum absolute atomic E-state index is 4.77. The summed E-state index contributed by atoms with van der Waals surface area (Å²) in [5, 5.41) is 3.38. The quantitative estimate of drug-likeness (QED) is 0.821. The fraction of sp³-hybridized carbons (Fsp3) is 0.550. The Labute approximate surface area is 167 Å². The van der Waals surface area contributed by atoms with E-state index in [-0.39, 0.29) is 12.4 Å². The normalized spacial score (nSPS) is 16.7. The molecule has 4 rings (SSSR count). The van der Waals surface area contributed by atoms with E-state index in [9.17, 15) is 0 Å². The van der Waals surface area contributed by atoms with Crippen molar-refractivity contribution in [1.29, 1.82) is 0 Å². The second-order valence-electron chi connectivity index (χ2n) is 7.55. The molecule has 0 bridgehead atoms. The van der Waals surface area contributed by atoms with E-state index >= 15 is 0 Å². The van der Waals surface area contributed by atoms with Gasteiger partial charge in [0.05, 0.1) is 0 Å². The lowest BCUT2D eigenvalue weighted by molar-refractivity contribution is 0.841. The fourth-order valence-electron chi connectivity index (χ4n) is 3.61. The van der Waals surface area contributed by atoms with Crippen LogP contribution in [-0.4, -0.2) is 41.1 Å². The number of aromatic nitrogens is 3. The van der Waals surface area contributed by atoms with Gasteiger partial charge in [0.15, 0.2) is 0 Å².